The molecule has 30 heavy (non-hydrogen) atoms. The molecule has 0 bridgehead atoms. The van der Waals surface area contributed by atoms with Gasteiger partial charge >= 0.3 is 16.3 Å². The van der Waals surface area contributed by atoms with Crippen molar-refractivity contribution in [1.82, 2.24) is 9.97 Å². The Bertz CT molecular complexity index is 1310. The first-order valence-corrected chi connectivity index (χ1v) is 9.99. The Balaban J connectivity index is 1.77. The van der Waals surface area contributed by atoms with Gasteiger partial charge in [-0.05, 0) is 49.4 Å². The first-order valence-electron chi connectivity index (χ1n) is 8.58. The number of rotatable bonds is 4. The van der Waals surface area contributed by atoms with E-state index in [4.69, 9.17) is 8.60 Å². The number of oxazole rings is 1. The van der Waals surface area contributed by atoms with Crippen LogP contribution in [0.15, 0.2) is 70.1 Å². The SMILES string of the molecule is Cc1ccc(OS(=O)(=O)c2cccc(C(F)(F)F)c2)c(-c2nc3ncccc3o2)c1. The molecule has 4 aromatic rings. The zero-order chi connectivity index (χ0) is 21.5. The zero-order valence-electron chi connectivity index (χ0n) is 15.3. The first kappa shape index (κ1) is 19.9. The maximum absolute atomic E-state index is 13.0. The van der Waals surface area contributed by atoms with Gasteiger partial charge in [-0.3, -0.25) is 0 Å². The summed E-state index contributed by atoms with van der Waals surface area (Å²) in [7, 11) is -4.55. The van der Waals surface area contributed by atoms with Gasteiger partial charge in [0.05, 0.1) is 11.1 Å². The Morgan fingerprint density at radius 1 is 1.03 bits per heavy atom. The highest BCUT2D eigenvalue weighted by Crippen LogP contribution is 2.35. The first-order chi connectivity index (χ1) is 14.1. The molecule has 4 rings (SSSR count). The van der Waals surface area contributed by atoms with E-state index in [0.717, 1.165) is 23.8 Å². The van der Waals surface area contributed by atoms with Crippen LogP contribution < -0.4 is 4.18 Å². The van der Waals surface area contributed by atoms with E-state index in [1.165, 1.54) is 12.3 Å². The Kier molecular flexibility index (Phi) is 4.73. The molecule has 0 fully saturated rings. The summed E-state index contributed by atoms with van der Waals surface area (Å²) in [4.78, 5) is 7.67. The summed E-state index contributed by atoms with van der Waals surface area (Å²) >= 11 is 0. The molecule has 2 heterocycles. The summed E-state index contributed by atoms with van der Waals surface area (Å²) in [5.41, 5.74) is 0.607. The molecule has 0 saturated heterocycles. The fraction of sp³-hybridized carbons (Fsp3) is 0.100. The molecule has 6 nitrogen and oxygen atoms in total. The molecule has 0 spiro atoms. The molecule has 0 N–H and O–H groups in total. The van der Waals surface area contributed by atoms with Crippen molar-refractivity contribution in [2.24, 2.45) is 0 Å². The third-order valence-corrected chi connectivity index (χ3v) is 5.41. The van der Waals surface area contributed by atoms with E-state index in [1.54, 1.807) is 31.2 Å². The van der Waals surface area contributed by atoms with Gasteiger partial charge in [-0.15, -0.1) is 0 Å². The van der Waals surface area contributed by atoms with Crippen molar-refractivity contribution in [3.8, 4) is 17.2 Å². The van der Waals surface area contributed by atoms with Gasteiger partial charge in [0.25, 0.3) is 0 Å². The molecule has 0 unspecified atom stereocenters. The van der Waals surface area contributed by atoms with Gasteiger partial charge in [-0.1, -0.05) is 17.7 Å². The summed E-state index contributed by atoms with van der Waals surface area (Å²) in [6.45, 7) is 1.77. The molecule has 0 amide bonds. The van der Waals surface area contributed by atoms with E-state index in [1.807, 2.05) is 0 Å². The Morgan fingerprint density at radius 2 is 1.83 bits per heavy atom. The van der Waals surface area contributed by atoms with Crippen LogP contribution in [0.2, 0.25) is 0 Å². The minimum Gasteiger partial charge on any atom is -0.434 e. The standard InChI is InChI=1S/C20H13F3N2O4S/c1-12-7-8-16(15(10-12)19-25-18-17(28-19)6-3-9-24-18)29-30(26,27)14-5-2-4-13(11-14)20(21,22)23/h2-11H,1H3. The number of hydrogen-bond donors (Lipinski definition) is 0. The second kappa shape index (κ2) is 7.13. The predicted octanol–water partition coefficient (Wildman–Crippen LogP) is 4.98. The van der Waals surface area contributed by atoms with E-state index in [-0.39, 0.29) is 17.2 Å². The topological polar surface area (TPSA) is 82.3 Å². The number of aryl methyl sites for hydroxylation is 1. The van der Waals surface area contributed by atoms with Crippen molar-refractivity contribution < 1.29 is 30.2 Å². The molecular weight excluding hydrogens is 421 g/mol. The Morgan fingerprint density at radius 3 is 2.57 bits per heavy atom. The molecule has 0 saturated carbocycles. The van der Waals surface area contributed by atoms with Crippen LogP contribution in [0, 0.1) is 6.92 Å². The summed E-state index contributed by atoms with van der Waals surface area (Å²) in [5.74, 6) is -0.0637. The smallest absolute Gasteiger partial charge is 0.416 e. The number of alkyl halides is 3. The van der Waals surface area contributed by atoms with Crippen molar-refractivity contribution in [3.05, 3.63) is 71.9 Å². The molecule has 154 valence electrons. The van der Waals surface area contributed by atoms with Gasteiger partial charge in [0.15, 0.2) is 17.0 Å². The zero-order valence-corrected chi connectivity index (χ0v) is 16.2. The van der Waals surface area contributed by atoms with Gasteiger partial charge in [0.2, 0.25) is 5.89 Å². The fourth-order valence-corrected chi connectivity index (χ4v) is 3.76. The van der Waals surface area contributed by atoms with E-state index in [0.29, 0.717) is 17.3 Å². The van der Waals surface area contributed by atoms with Crippen LogP contribution in [0.1, 0.15) is 11.1 Å². The van der Waals surface area contributed by atoms with E-state index in [2.05, 4.69) is 9.97 Å². The number of pyridine rings is 1. The van der Waals surface area contributed by atoms with Crippen LogP contribution >= 0.6 is 0 Å². The minimum absolute atomic E-state index is 0.0710. The highest BCUT2D eigenvalue weighted by Gasteiger charge is 2.32. The average molecular weight is 434 g/mol. The number of fused-ring (bicyclic) bond motifs is 1. The lowest BCUT2D eigenvalue weighted by Gasteiger charge is -2.12. The van der Waals surface area contributed by atoms with Crippen LogP contribution in [-0.4, -0.2) is 18.4 Å². The molecule has 0 radical (unpaired) electrons. The summed E-state index contributed by atoms with van der Waals surface area (Å²) in [6, 6.07) is 11.2. The molecule has 0 aliphatic carbocycles. The summed E-state index contributed by atoms with van der Waals surface area (Å²) < 4.78 is 75.0. The number of nitrogens with zero attached hydrogens (tertiary/aromatic N) is 2. The second-order valence-electron chi connectivity index (χ2n) is 6.41. The highest BCUT2D eigenvalue weighted by atomic mass is 32.2. The van der Waals surface area contributed by atoms with Gasteiger partial charge in [-0.2, -0.15) is 26.6 Å². The third kappa shape index (κ3) is 3.86. The molecule has 0 aliphatic rings. The molecular formula is C20H13F3N2O4S. The van der Waals surface area contributed by atoms with Crippen LogP contribution in [0.4, 0.5) is 13.2 Å². The van der Waals surface area contributed by atoms with Crippen LogP contribution in [0.5, 0.6) is 5.75 Å². The number of benzene rings is 2. The van der Waals surface area contributed by atoms with Crippen LogP contribution in [0.25, 0.3) is 22.7 Å². The monoisotopic (exact) mass is 434 g/mol. The van der Waals surface area contributed by atoms with E-state index in [9.17, 15) is 21.6 Å². The van der Waals surface area contributed by atoms with Crippen LogP contribution in [0.3, 0.4) is 0 Å². The van der Waals surface area contributed by atoms with Crippen molar-refractivity contribution >= 4 is 21.3 Å². The quantitative estimate of drug-likeness (QED) is 0.421. The second-order valence-corrected chi connectivity index (χ2v) is 7.95. The molecule has 2 aromatic heterocycles. The third-order valence-electron chi connectivity index (χ3n) is 4.18. The normalized spacial score (nSPS) is 12.3. The molecule has 0 aliphatic heterocycles. The lowest BCUT2D eigenvalue weighted by molar-refractivity contribution is -0.137. The highest BCUT2D eigenvalue weighted by molar-refractivity contribution is 7.87. The predicted molar refractivity (Wildman–Crippen MR) is 101 cm³/mol. The van der Waals surface area contributed by atoms with Crippen molar-refractivity contribution in [2.45, 2.75) is 18.0 Å². The van der Waals surface area contributed by atoms with Crippen LogP contribution in [-0.2, 0) is 16.3 Å². The minimum atomic E-state index is -4.69. The van der Waals surface area contributed by atoms with Crippen molar-refractivity contribution in [1.29, 1.82) is 0 Å². The van der Waals surface area contributed by atoms with E-state index >= 15 is 0 Å². The number of hydrogen-bond acceptors (Lipinski definition) is 6. The van der Waals surface area contributed by atoms with Gasteiger partial charge in [0, 0.05) is 6.20 Å². The van der Waals surface area contributed by atoms with Gasteiger partial charge < -0.3 is 8.60 Å². The maximum atomic E-state index is 13.0. The molecule has 0 atom stereocenters. The summed E-state index contributed by atoms with van der Waals surface area (Å²) in [6.07, 6.45) is -3.16. The number of halogens is 3. The maximum Gasteiger partial charge on any atom is 0.416 e. The average Bonchev–Trinajstić information content (AvgIpc) is 3.13. The van der Waals surface area contributed by atoms with E-state index < -0.39 is 26.8 Å². The lowest BCUT2D eigenvalue weighted by atomic mass is 10.1. The fourth-order valence-electron chi connectivity index (χ4n) is 2.76. The molecule has 10 heteroatoms. The van der Waals surface area contributed by atoms with Crippen molar-refractivity contribution in [2.75, 3.05) is 0 Å². The van der Waals surface area contributed by atoms with Gasteiger partial charge in [0.1, 0.15) is 4.90 Å². The largest absolute Gasteiger partial charge is 0.434 e. The molecule has 2 aromatic carbocycles. The Hall–Kier alpha value is -3.40. The lowest BCUT2D eigenvalue weighted by Crippen LogP contribution is -2.12. The van der Waals surface area contributed by atoms with Crippen molar-refractivity contribution in [3.63, 3.8) is 0 Å². The summed E-state index contributed by atoms with van der Waals surface area (Å²) in [5, 5.41) is 0. The Labute approximate surface area is 169 Å². The van der Waals surface area contributed by atoms with Gasteiger partial charge in [-0.25, -0.2) is 4.98 Å². The number of aromatic nitrogens is 2.